The minimum absolute atomic E-state index is 0.299. The smallest absolute Gasteiger partial charge is 0.231 e. The molecule has 1 heterocycles. The third-order valence-corrected chi connectivity index (χ3v) is 2.03. The van der Waals surface area contributed by atoms with E-state index in [1.165, 1.54) is 0 Å². The van der Waals surface area contributed by atoms with E-state index in [9.17, 15) is 0 Å². The third kappa shape index (κ3) is 1.38. The molecule has 2 N–H and O–H groups in total. The van der Waals surface area contributed by atoms with Crippen LogP contribution in [0.1, 0.15) is 5.56 Å². The van der Waals surface area contributed by atoms with E-state index in [1.54, 1.807) is 0 Å². The van der Waals surface area contributed by atoms with Gasteiger partial charge in [-0.25, -0.2) is 0 Å². The molecule has 3 nitrogen and oxygen atoms in total. The van der Waals surface area contributed by atoms with Crippen molar-refractivity contribution in [1.82, 2.24) is 0 Å². The zero-order valence-corrected chi connectivity index (χ0v) is 7.25. The summed E-state index contributed by atoms with van der Waals surface area (Å²) in [6, 6.07) is 5.71. The predicted octanol–water partition coefficient (Wildman–Crippen LogP) is 1.39. The molecule has 0 unspecified atom stereocenters. The summed E-state index contributed by atoms with van der Waals surface area (Å²) in [7, 11) is 0. The second-order valence-electron chi connectivity index (χ2n) is 2.88. The summed E-state index contributed by atoms with van der Waals surface area (Å²) in [5, 5.41) is 0. The summed E-state index contributed by atoms with van der Waals surface area (Å²) < 4.78 is 10.4. The highest BCUT2D eigenvalue weighted by Crippen LogP contribution is 2.33. The zero-order valence-electron chi connectivity index (χ0n) is 7.25. The van der Waals surface area contributed by atoms with Gasteiger partial charge in [0.2, 0.25) is 6.79 Å². The highest BCUT2D eigenvalue weighted by molar-refractivity contribution is 5.67. The van der Waals surface area contributed by atoms with E-state index < -0.39 is 0 Å². The summed E-state index contributed by atoms with van der Waals surface area (Å²) in [4.78, 5) is 0. The second-order valence-corrected chi connectivity index (χ2v) is 2.88. The number of rotatable bonds is 2. The maximum atomic E-state index is 5.48. The number of fused-ring (bicyclic) bond motifs is 1. The lowest BCUT2D eigenvalue weighted by molar-refractivity contribution is 0.174. The standard InChI is InChI=1S/C10H11NO2/c1-7(5-11)8-2-3-9-10(4-8)13-6-12-9/h2-4H,1,5-6,11H2. The second kappa shape index (κ2) is 3.11. The molecule has 1 aromatic rings. The van der Waals surface area contributed by atoms with Crippen molar-refractivity contribution in [2.45, 2.75) is 0 Å². The predicted molar refractivity (Wildman–Crippen MR) is 50.7 cm³/mol. The average Bonchev–Trinajstić information content (AvgIpc) is 2.63. The monoisotopic (exact) mass is 177 g/mol. The lowest BCUT2D eigenvalue weighted by Crippen LogP contribution is -2.00. The number of hydrogen-bond donors (Lipinski definition) is 1. The van der Waals surface area contributed by atoms with Crippen LogP contribution in [0.15, 0.2) is 24.8 Å². The quantitative estimate of drug-likeness (QED) is 0.742. The molecule has 0 amide bonds. The highest BCUT2D eigenvalue weighted by atomic mass is 16.7. The van der Waals surface area contributed by atoms with Crippen molar-refractivity contribution >= 4 is 5.57 Å². The van der Waals surface area contributed by atoms with Gasteiger partial charge in [-0.3, -0.25) is 0 Å². The van der Waals surface area contributed by atoms with Crippen LogP contribution in [0.2, 0.25) is 0 Å². The largest absolute Gasteiger partial charge is 0.454 e. The molecule has 0 fully saturated rings. The van der Waals surface area contributed by atoms with E-state index >= 15 is 0 Å². The van der Waals surface area contributed by atoms with Crippen LogP contribution < -0.4 is 15.2 Å². The Kier molecular flexibility index (Phi) is 1.94. The van der Waals surface area contributed by atoms with E-state index in [1.807, 2.05) is 18.2 Å². The molecule has 0 radical (unpaired) electrons. The molecule has 13 heavy (non-hydrogen) atoms. The van der Waals surface area contributed by atoms with E-state index in [0.29, 0.717) is 13.3 Å². The van der Waals surface area contributed by atoms with Crippen LogP contribution in [-0.4, -0.2) is 13.3 Å². The van der Waals surface area contributed by atoms with Crippen molar-refractivity contribution in [1.29, 1.82) is 0 Å². The molecule has 1 aromatic carbocycles. The van der Waals surface area contributed by atoms with Gasteiger partial charge in [-0.2, -0.15) is 0 Å². The Balaban J connectivity index is 2.36. The molecule has 0 saturated carbocycles. The van der Waals surface area contributed by atoms with Crippen LogP contribution in [0.25, 0.3) is 5.57 Å². The first kappa shape index (κ1) is 8.13. The molecule has 0 aromatic heterocycles. The van der Waals surface area contributed by atoms with Gasteiger partial charge in [-0.1, -0.05) is 12.6 Å². The van der Waals surface area contributed by atoms with Crippen molar-refractivity contribution in [3.63, 3.8) is 0 Å². The van der Waals surface area contributed by atoms with Gasteiger partial charge in [-0.15, -0.1) is 0 Å². The van der Waals surface area contributed by atoms with Gasteiger partial charge < -0.3 is 15.2 Å². The normalized spacial score (nSPS) is 13.0. The Morgan fingerprint density at radius 1 is 1.38 bits per heavy atom. The maximum Gasteiger partial charge on any atom is 0.231 e. The third-order valence-electron chi connectivity index (χ3n) is 2.03. The first-order valence-electron chi connectivity index (χ1n) is 4.09. The number of benzene rings is 1. The van der Waals surface area contributed by atoms with Crippen molar-refractivity contribution < 1.29 is 9.47 Å². The van der Waals surface area contributed by atoms with Gasteiger partial charge in [-0.05, 0) is 23.3 Å². The fourth-order valence-electron chi connectivity index (χ4n) is 1.23. The van der Waals surface area contributed by atoms with E-state index in [4.69, 9.17) is 15.2 Å². The van der Waals surface area contributed by atoms with Crippen LogP contribution >= 0.6 is 0 Å². The van der Waals surface area contributed by atoms with Gasteiger partial charge in [0.15, 0.2) is 11.5 Å². The van der Waals surface area contributed by atoms with Crippen LogP contribution in [0.5, 0.6) is 11.5 Å². The van der Waals surface area contributed by atoms with Gasteiger partial charge in [0.1, 0.15) is 0 Å². The molecule has 0 aliphatic carbocycles. The van der Waals surface area contributed by atoms with Crippen LogP contribution in [0, 0.1) is 0 Å². The fourth-order valence-corrected chi connectivity index (χ4v) is 1.23. The van der Waals surface area contributed by atoms with E-state index in [2.05, 4.69) is 6.58 Å². The number of hydrogen-bond acceptors (Lipinski definition) is 3. The lowest BCUT2D eigenvalue weighted by Gasteiger charge is -2.03. The molecular formula is C10H11NO2. The molecule has 68 valence electrons. The van der Waals surface area contributed by atoms with E-state index in [0.717, 1.165) is 22.6 Å². The van der Waals surface area contributed by atoms with Crippen molar-refractivity contribution in [2.24, 2.45) is 5.73 Å². The molecule has 1 aliphatic heterocycles. The molecule has 1 aliphatic rings. The Bertz CT molecular complexity index is 347. The van der Waals surface area contributed by atoms with Crippen molar-refractivity contribution in [2.75, 3.05) is 13.3 Å². The Morgan fingerprint density at radius 3 is 2.92 bits per heavy atom. The minimum Gasteiger partial charge on any atom is -0.454 e. The van der Waals surface area contributed by atoms with Crippen LogP contribution in [0.4, 0.5) is 0 Å². The molecule has 0 bridgehead atoms. The molecule has 3 heteroatoms. The van der Waals surface area contributed by atoms with Gasteiger partial charge in [0.25, 0.3) is 0 Å². The molecule has 0 saturated heterocycles. The first-order valence-corrected chi connectivity index (χ1v) is 4.09. The summed E-state index contributed by atoms with van der Waals surface area (Å²) in [6.07, 6.45) is 0. The van der Waals surface area contributed by atoms with Gasteiger partial charge >= 0.3 is 0 Å². The number of ether oxygens (including phenoxy) is 2. The zero-order chi connectivity index (χ0) is 9.26. The topological polar surface area (TPSA) is 44.5 Å². The molecule has 0 spiro atoms. The first-order chi connectivity index (χ1) is 6.31. The Morgan fingerprint density at radius 2 is 2.15 bits per heavy atom. The highest BCUT2D eigenvalue weighted by Gasteiger charge is 2.13. The molecule has 0 atom stereocenters. The van der Waals surface area contributed by atoms with Crippen molar-refractivity contribution in [3.8, 4) is 11.5 Å². The van der Waals surface area contributed by atoms with Crippen LogP contribution in [-0.2, 0) is 0 Å². The summed E-state index contributed by atoms with van der Waals surface area (Å²) >= 11 is 0. The summed E-state index contributed by atoms with van der Waals surface area (Å²) in [6.45, 7) is 4.61. The minimum atomic E-state index is 0.299. The lowest BCUT2D eigenvalue weighted by atomic mass is 10.1. The summed E-state index contributed by atoms with van der Waals surface area (Å²) in [5.41, 5.74) is 7.39. The Hall–Kier alpha value is -1.48. The molecular weight excluding hydrogens is 166 g/mol. The van der Waals surface area contributed by atoms with Gasteiger partial charge in [0.05, 0.1) is 0 Å². The Labute approximate surface area is 76.8 Å². The van der Waals surface area contributed by atoms with E-state index in [-0.39, 0.29) is 0 Å². The van der Waals surface area contributed by atoms with Gasteiger partial charge in [0, 0.05) is 6.54 Å². The summed E-state index contributed by atoms with van der Waals surface area (Å²) in [5.74, 6) is 1.56. The SMILES string of the molecule is C=C(CN)c1ccc2c(c1)OCO2. The molecule has 2 rings (SSSR count). The number of nitrogens with two attached hydrogens (primary N) is 1. The fraction of sp³-hybridized carbons (Fsp3) is 0.200. The van der Waals surface area contributed by atoms with Crippen molar-refractivity contribution in [3.05, 3.63) is 30.3 Å². The van der Waals surface area contributed by atoms with Crippen LogP contribution in [0.3, 0.4) is 0 Å². The average molecular weight is 177 g/mol. The maximum absolute atomic E-state index is 5.48.